The lowest BCUT2D eigenvalue weighted by atomic mass is 10.0. The summed E-state index contributed by atoms with van der Waals surface area (Å²) in [5.74, 6) is 0.292. The van der Waals surface area contributed by atoms with E-state index in [-0.39, 0.29) is 17.4 Å². The lowest BCUT2D eigenvalue weighted by molar-refractivity contribution is -0.125. The molecule has 90 valence electrons. The van der Waals surface area contributed by atoms with Crippen LogP contribution in [0, 0.1) is 5.92 Å². The summed E-state index contributed by atoms with van der Waals surface area (Å²) in [4.78, 5) is 12.2. The van der Waals surface area contributed by atoms with E-state index < -0.39 is 0 Å². The molecule has 2 aliphatic rings. The largest absolute Gasteiger partial charge is 0.349 e. The van der Waals surface area contributed by atoms with Gasteiger partial charge in [-0.25, -0.2) is 0 Å². The third kappa shape index (κ3) is 1.95. The summed E-state index contributed by atoms with van der Waals surface area (Å²) in [5.41, 5.74) is 8.27. The summed E-state index contributed by atoms with van der Waals surface area (Å²) in [7, 11) is 0. The van der Waals surface area contributed by atoms with E-state index in [1.54, 1.807) is 0 Å². The van der Waals surface area contributed by atoms with E-state index in [9.17, 15) is 4.79 Å². The third-order valence-electron chi connectivity index (χ3n) is 4.05. The number of hydrogen-bond acceptors (Lipinski definition) is 2. The van der Waals surface area contributed by atoms with Gasteiger partial charge in [0.1, 0.15) is 0 Å². The first kappa shape index (κ1) is 10.8. The van der Waals surface area contributed by atoms with Crippen molar-refractivity contribution in [2.75, 3.05) is 6.54 Å². The Kier molecular flexibility index (Phi) is 2.44. The van der Waals surface area contributed by atoms with Crippen molar-refractivity contribution < 1.29 is 4.79 Å². The Hall–Kier alpha value is -1.35. The number of fused-ring (bicyclic) bond motifs is 1. The summed E-state index contributed by atoms with van der Waals surface area (Å²) < 4.78 is 0. The highest BCUT2D eigenvalue weighted by Gasteiger charge is 2.44. The minimum absolute atomic E-state index is 0.0636. The van der Waals surface area contributed by atoms with E-state index in [1.807, 2.05) is 12.1 Å². The van der Waals surface area contributed by atoms with E-state index in [2.05, 4.69) is 17.4 Å². The first-order chi connectivity index (χ1) is 8.22. The molecule has 0 aliphatic heterocycles. The molecule has 1 amide bonds. The van der Waals surface area contributed by atoms with Gasteiger partial charge in [-0.3, -0.25) is 4.79 Å². The summed E-state index contributed by atoms with van der Waals surface area (Å²) >= 11 is 0. The van der Waals surface area contributed by atoms with Crippen LogP contribution in [0.4, 0.5) is 0 Å². The molecule has 0 heterocycles. The molecule has 1 fully saturated rings. The molecule has 3 N–H and O–H groups in total. The Morgan fingerprint density at radius 2 is 1.88 bits per heavy atom. The van der Waals surface area contributed by atoms with Gasteiger partial charge in [0, 0.05) is 12.5 Å². The summed E-state index contributed by atoms with van der Waals surface area (Å²) in [6.07, 6.45) is 3.83. The quantitative estimate of drug-likeness (QED) is 0.814. The van der Waals surface area contributed by atoms with Gasteiger partial charge in [-0.05, 0) is 36.8 Å². The normalized spacial score (nSPS) is 21.0. The standard InChI is InChI=1S/C14H18N2O/c15-9-14(5-6-14)16-13(17)12-7-10-3-1-2-4-11(10)8-12/h1-4,12H,5-9,15H2,(H,16,17). The molecule has 17 heavy (non-hydrogen) atoms. The van der Waals surface area contributed by atoms with Gasteiger partial charge in [-0.2, -0.15) is 0 Å². The number of carbonyl (C=O) groups excluding carboxylic acids is 1. The highest BCUT2D eigenvalue weighted by molar-refractivity contribution is 5.81. The molecule has 3 rings (SSSR count). The number of hydrogen-bond donors (Lipinski definition) is 2. The number of nitrogens with two attached hydrogens (primary N) is 1. The van der Waals surface area contributed by atoms with Crippen LogP contribution in [0.3, 0.4) is 0 Å². The molecule has 3 heteroatoms. The molecular formula is C14H18N2O. The number of benzene rings is 1. The minimum Gasteiger partial charge on any atom is -0.349 e. The second kappa shape index (κ2) is 3.84. The average Bonchev–Trinajstić information content (AvgIpc) is 2.98. The first-order valence-electron chi connectivity index (χ1n) is 6.31. The average molecular weight is 230 g/mol. The van der Waals surface area contributed by atoms with Crippen LogP contribution in [0.5, 0.6) is 0 Å². The van der Waals surface area contributed by atoms with E-state index in [0.29, 0.717) is 6.54 Å². The van der Waals surface area contributed by atoms with Crippen molar-refractivity contribution in [3.63, 3.8) is 0 Å². The lowest BCUT2D eigenvalue weighted by Crippen LogP contribution is -2.45. The van der Waals surface area contributed by atoms with Crippen molar-refractivity contribution in [3.8, 4) is 0 Å². The number of nitrogens with one attached hydrogen (secondary N) is 1. The van der Waals surface area contributed by atoms with Gasteiger partial charge in [0.15, 0.2) is 0 Å². The number of rotatable bonds is 3. The van der Waals surface area contributed by atoms with Gasteiger partial charge < -0.3 is 11.1 Å². The minimum atomic E-state index is -0.0636. The van der Waals surface area contributed by atoms with Gasteiger partial charge in [0.2, 0.25) is 5.91 Å². The summed E-state index contributed by atoms with van der Waals surface area (Å²) in [6.45, 7) is 0.568. The van der Waals surface area contributed by atoms with Crippen LogP contribution in [0.2, 0.25) is 0 Å². The zero-order chi connectivity index (χ0) is 11.9. The van der Waals surface area contributed by atoms with Crippen LogP contribution in [0.1, 0.15) is 24.0 Å². The molecule has 0 spiro atoms. The predicted octanol–water partition coefficient (Wildman–Crippen LogP) is 1.01. The summed E-state index contributed by atoms with van der Waals surface area (Å²) in [6, 6.07) is 8.33. The Balaban J connectivity index is 1.66. The van der Waals surface area contributed by atoms with Crippen LogP contribution in [0.15, 0.2) is 24.3 Å². The molecule has 0 saturated heterocycles. The maximum atomic E-state index is 12.2. The molecular weight excluding hydrogens is 212 g/mol. The summed E-state index contributed by atoms with van der Waals surface area (Å²) in [5, 5.41) is 3.13. The monoisotopic (exact) mass is 230 g/mol. The van der Waals surface area contributed by atoms with Gasteiger partial charge >= 0.3 is 0 Å². The van der Waals surface area contributed by atoms with E-state index in [4.69, 9.17) is 5.73 Å². The fraction of sp³-hybridized carbons (Fsp3) is 0.500. The fourth-order valence-corrected chi connectivity index (χ4v) is 2.64. The van der Waals surface area contributed by atoms with Gasteiger partial charge in [0.25, 0.3) is 0 Å². The van der Waals surface area contributed by atoms with Crippen molar-refractivity contribution in [1.82, 2.24) is 5.32 Å². The van der Waals surface area contributed by atoms with E-state index >= 15 is 0 Å². The Labute approximate surface area is 101 Å². The smallest absolute Gasteiger partial charge is 0.224 e. The molecule has 0 aromatic heterocycles. The molecule has 0 radical (unpaired) electrons. The second-order valence-corrected chi connectivity index (χ2v) is 5.35. The van der Waals surface area contributed by atoms with Crippen LogP contribution >= 0.6 is 0 Å². The van der Waals surface area contributed by atoms with Crippen molar-refractivity contribution >= 4 is 5.91 Å². The molecule has 0 atom stereocenters. The molecule has 1 aromatic rings. The molecule has 2 aliphatic carbocycles. The fourth-order valence-electron chi connectivity index (χ4n) is 2.64. The maximum Gasteiger partial charge on any atom is 0.224 e. The second-order valence-electron chi connectivity index (χ2n) is 5.35. The molecule has 0 unspecified atom stereocenters. The van der Waals surface area contributed by atoms with Crippen LogP contribution in [0.25, 0.3) is 0 Å². The number of carbonyl (C=O) groups is 1. The third-order valence-corrected chi connectivity index (χ3v) is 4.05. The Morgan fingerprint density at radius 1 is 1.29 bits per heavy atom. The highest BCUT2D eigenvalue weighted by Crippen LogP contribution is 2.35. The maximum absolute atomic E-state index is 12.2. The van der Waals surface area contributed by atoms with Crippen LogP contribution in [-0.2, 0) is 17.6 Å². The van der Waals surface area contributed by atoms with E-state index in [0.717, 1.165) is 25.7 Å². The highest BCUT2D eigenvalue weighted by atomic mass is 16.2. The lowest BCUT2D eigenvalue weighted by Gasteiger charge is -2.18. The van der Waals surface area contributed by atoms with Gasteiger partial charge in [-0.1, -0.05) is 24.3 Å². The van der Waals surface area contributed by atoms with Gasteiger partial charge in [-0.15, -0.1) is 0 Å². The van der Waals surface area contributed by atoms with Crippen LogP contribution < -0.4 is 11.1 Å². The zero-order valence-corrected chi connectivity index (χ0v) is 9.91. The number of amides is 1. The predicted molar refractivity (Wildman–Crippen MR) is 66.5 cm³/mol. The van der Waals surface area contributed by atoms with Crippen molar-refractivity contribution in [1.29, 1.82) is 0 Å². The van der Waals surface area contributed by atoms with Crippen LogP contribution in [-0.4, -0.2) is 18.0 Å². The molecule has 3 nitrogen and oxygen atoms in total. The molecule has 1 saturated carbocycles. The Morgan fingerprint density at radius 3 is 2.35 bits per heavy atom. The van der Waals surface area contributed by atoms with Crippen molar-refractivity contribution in [2.45, 2.75) is 31.2 Å². The van der Waals surface area contributed by atoms with Gasteiger partial charge in [0.05, 0.1) is 5.54 Å². The van der Waals surface area contributed by atoms with E-state index in [1.165, 1.54) is 11.1 Å². The molecule has 1 aromatic carbocycles. The first-order valence-corrected chi connectivity index (χ1v) is 6.31. The topological polar surface area (TPSA) is 55.1 Å². The SMILES string of the molecule is NCC1(NC(=O)C2Cc3ccccc3C2)CC1. The zero-order valence-electron chi connectivity index (χ0n) is 9.91. The Bertz CT molecular complexity index is 426. The molecule has 0 bridgehead atoms. The van der Waals surface area contributed by atoms with Crippen molar-refractivity contribution in [3.05, 3.63) is 35.4 Å². The van der Waals surface area contributed by atoms with Crippen molar-refractivity contribution in [2.24, 2.45) is 11.7 Å².